The Morgan fingerprint density at radius 2 is 1.64 bits per heavy atom. The Labute approximate surface area is 215 Å². The minimum Gasteiger partial charge on any atom is -0.487 e. The van der Waals surface area contributed by atoms with Crippen molar-refractivity contribution in [2.24, 2.45) is 0 Å². The van der Waals surface area contributed by atoms with Crippen LogP contribution in [0.2, 0.25) is 0 Å². The summed E-state index contributed by atoms with van der Waals surface area (Å²) in [5.74, 6) is 1.38. The maximum Gasteiger partial charge on any atom is 0.260 e. The van der Waals surface area contributed by atoms with Crippen molar-refractivity contribution < 1.29 is 19.1 Å². The molecule has 0 unspecified atom stereocenters. The van der Waals surface area contributed by atoms with Crippen LogP contribution in [0.15, 0.2) is 54.6 Å². The highest BCUT2D eigenvalue weighted by Crippen LogP contribution is 2.31. The van der Waals surface area contributed by atoms with E-state index in [1.54, 1.807) is 0 Å². The molecule has 1 aliphatic heterocycles. The van der Waals surface area contributed by atoms with Crippen LogP contribution in [0.4, 0.5) is 0 Å². The molecular weight excluding hydrogens is 452 g/mol. The molecule has 1 aliphatic carbocycles. The topological polar surface area (TPSA) is 59.1 Å². The molecule has 2 aromatic carbocycles. The molecule has 2 amide bonds. The molecule has 36 heavy (non-hydrogen) atoms. The van der Waals surface area contributed by atoms with Crippen molar-refractivity contribution in [3.05, 3.63) is 60.2 Å². The quantitative estimate of drug-likeness (QED) is 0.536. The molecule has 0 spiro atoms. The van der Waals surface area contributed by atoms with Crippen LogP contribution in [0.25, 0.3) is 0 Å². The molecule has 4 rings (SSSR count). The van der Waals surface area contributed by atoms with E-state index in [0.717, 1.165) is 70.9 Å². The van der Waals surface area contributed by atoms with Gasteiger partial charge in [-0.2, -0.15) is 0 Å². The minimum absolute atomic E-state index is 0.00456. The van der Waals surface area contributed by atoms with E-state index in [1.165, 1.54) is 0 Å². The summed E-state index contributed by atoms with van der Waals surface area (Å²) in [7, 11) is 0. The number of rotatable bonds is 5. The largest absolute Gasteiger partial charge is 0.487 e. The van der Waals surface area contributed by atoms with Crippen LogP contribution in [0.3, 0.4) is 0 Å². The molecule has 6 heteroatoms. The van der Waals surface area contributed by atoms with Crippen molar-refractivity contribution >= 4 is 11.8 Å². The van der Waals surface area contributed by atoms with E-state index in [0.29, 0.717) is 23.6 Å². The predicted octanol–water partition coefficient (Wildman–Crippen LogP) is 5.71. The standard InChI is InChI=1S/C30H40N2O4/c1-2-20-31-21-12-3-4-13-22-32(29(33)23-35-24-14-6-5-7-15-24)26-17-9-11-19-28(26)36-27-18-10-8-16-25(27)30(31)34/h5-8,10,14-16,18,26,28H,2-4,9,11-13,17,19-23H2,1H3/t26-,28+/m1/s1. The van der Waals surface area contributed by atoms with Gasteiger partial charge in [-0.15, -0.1) is 0 Å². The number of carbonyl (C=O) groups is 2. The zero-order valence-electron chi connectivity index (χ0n) is 21.6. The first-order chi connectivity index (χ1) is 17.7. The summed E-state index contributed by atoms with van der Waals surface area (Å²) >= 11 is 0. The molecule has 0 bridgehead atoms. The van der Waals surface area contributed by atoms with Crippen LogP contribution >= 0.6 is 0 Å². The van der Waals surface area contributed by atoms with Crippen molar-refractivity contribution in [2.75, 3.05) is 26.2 Å². The highest BCUT2D eigenvalue weighted by atomic mass is 16.5. The number of nitrogens with zero attached hydrogens (tertiary/aromatic N) is 2. The van der Waals surface area contributed by atoms with E-state index < -0.39 is 0 Å². The average molecular weight is 493 g/mol. The summed E-state index contributed by atoms with van der Waals surface area (Å²) in [6.07, 6.45) is 8.67. The number of para-hydroxylation sites is 2. The fourth-order valence-corrected chi connectivity index (χ4v) is 5.39. The molecule has 0 radical (unpaired) electrons. The summed E-state index contributed by atoms with van der Waals surface area (Å²) in [5, 5.41) is 0. The van der Waals surface area contributed by atoms with Crippen molar-refractivity contribution in [1.29, 1.82) is 0 Å². The lowest BCUT2D eigenvalue weighted by Crippen LogP contribution is -2.52. The molecule has 2 aliphatic rings. The van der Waals surface area contributed by atoms with Gasteiger partial charge in [0.2, 0.25) is 0 Å². The van der Waals surface area contributed by atoms with Gasteiger partial charge >= 0.3 is 0 Å². The van der Waals surface area contributed by atoms with Crippen LogP contribution in [0.1, 0.15) is 75.1 Å². The van der Waals surface area contributed by atoms with Crippen LogP contribution in [0, 0.1) is 0 Å². The molecule has 1 fully saturated rings. The number of benzene rings is 2. The molecule has 1 saturated carbocycles. The maximum absolute atomic E-state index is 13.5. The van der Waals surface area contributed by atoms with E-state index in [4.69, 9.17) is 9.47 Å². The lowest BCUT2D eigenvalue weighted by molar-refractivity contribution is -0.139. The zero-order valence-corrected chi connectivity index (χ0v) is 21.6. The predicted molar refractivity (Wildman–Crippen MR) is 141 cm³/mol. The SMILES string of the molecule is CCCN1CCCCCCN(C(=O)COc2ccccc2)[C@@H]2CCCC[C@@H]2Oc2ccccc2C1=O. The van der Waals surface area contributed by atoms with Gasteiger partial charge < -0.3 is 19.3 Å². The third kappa shape index (κ3) is 6.80. The minimum atomic E-state index is -0.143. The third-order valence-corrected chi connectivity index (χ3v) is 7.25. The van der Waals surface area contributed by atoms with Gasteiger partial charge in [0.25, 0.3) is 11.8 Å². The summed E-state index contributed by atoms with van der Waals surface area (Å²) in [6, 6.07) is 17.1. The van der Waals surface area contributed by atoms with Gasteiger partial charge in [-0.05, 0) is 62.8 Å². The van der Waals surface area contributed by atoms with Crippen LogP contribution in [-0.2, 0) is 4.79 Å². The van der Waals surface area contributed by atoms with Gasteiger partial charge in [-0.25, -0.2) is 0 Å². The first-order valence-electron chi connectivity index (χ1n) is 13.7. The first kappa shape index (κ1) is 26.1. The van der Waals surface area contributed by atoms with Crippen LogP contribution in [0.5, 0.6) is 11.5 Å². The summed E-state index contributed by atoms with van der Waals surface area (Å²) in [5.41, 5.74) is 0.623. The summed E-state index contributed by atoms with van der Waals surface area (Å²) < 4.78 is 12.4. The Bertz CT molecular complexity index is 980. The highest BCUT2D eigenvalue weighted by molar-refractivity contribution is 5.97. The molecular formula is C30H40N2O4. The normalized spacial score (nSPS) is 21.5. The van der Waals surface area contributed by atoms with E-state index in [2.05, 4.69) is 6.92 Å². The average Bonchev–Trinajstić information content (AvgIpc) is 2.91. The third-order valence-electron chi connectivity index (χ3n) is 7.25. The molecule has 2 atom stereocenters. The molecule has 1 heterocycles. The Morgan fingerprint density at radius 1 is 0.917 bits per heavy atom. The highest BCUT2D eigenvalue weighted by Gasteiger charge is 2.35. The molecule has 6 nitrogen and oxygen atoms in total. The Balaban J connectivity index is 1.58. The second-order valence-corrected chi connectivity index (χ2v) is 9.90. The molecule has 0 aromatic heterocycles. The Morgan fingerprint density at radius 3 is 2.44 bits per heavy atom. The lowest BCUT2D eigenvalue weighted by atomic mass is 9.90. The molecule has 2 aromatic rings. The van der Waals surface area contributed by atoms with Crippen LogP contribution in [-0.4, -0.2) is 60.0 Å². The number of carbonyl (C=O) groups excluding carboxylic acids is 2. The van der Waals surface area contributed by atoms with Gasteiger partial charge in [0.05, 0.1) is 11.6 Å². The number of fused-ring (bicyclic) bond motifs is 2. The van der Waals surface area contributed by atoms with Crippen molar-refractivity contribution in [3.8, 4) is 11.5 Å². The Hall–Kier alpha value is -3.02. The van der Waals surface area contributed by atoms with E-state index in [9.17, 15) is 9.59 Å². The van der Waals surface area contributed by atoms with Gasteiger partial charge in [0.15, 0.2) is 6.61 Å². The smallest absolute Gasteiger partial charge is 0.260 e. The fraction of sp³-hybridized carbons (Fsp3) is 0.533. The van der Waals surface area contributed by atoms with E-state index >= 15 is 0 Å². The molecule has 194 valence electrons. The summed E-state index contributed by atoms with van der Waals surface area (Å²) in [4.78, 5) is 31.0. The van der Waals surface area contributed by atoms with Gasteiger partial charge in [-0.3, -0.25) is 9.59 Å². The number of amides is 2. The fourth-order valence-electron chi connectivity index (χ4n) is 5.39. The number of hydrogen-bond acceptors (Lipinski definition) is 4. The van der Waals surface area contributed by atoms with Gasteiger partial charge in [-0.1, -0.05) is 56.5 Å². The molecule has 0 N–H and O–H groups in total. The molecule has 0 saturated heterocycles. The summed E-state index contributed by atoms with van der Waals surface area (Å²) in [6.45, 7) is 4.35. The second-order valence-electron chi connectivity index (χ2n) is 9.90. The Kier molecular flexibility index (Phi) is 9.65. The van der Waals surface area contributed by atoms with Crippen molar-refractivity contribution in [3.63, 3.8) is 0 Å². The monoisotopic (exact) mass is 492 g/mol. The number of ether oxygens (including phenoxy) is 2. The zero-order chi connectivity index (χ0) is 25.2. The van der Waals surface area contributed by atoms with Crippen molar-refractivity contribution in [2.45, 2.75) is 76.9 Å². The maximum atomic E-state index is 13.5. The van der Waals surface area contributed by atoms with Crippen molar-refractivity contribution in [1.82, 2.24) is 9.80 Å². The first-order valence-corrected chi connectivity index (χ1v) is 13.7. The van der Waals surface area contributed by atoms with Gasteiger partial charge in [0.1, 0.15) is 17.6 Å². The van der Waals surface area contributed by atoms with Crippen LogP contribution < -0.4 is 9.47 Å². The van der Waals surface area contributed by atoms with E-state index in [1.807, 2.05) is 64.4 Å². The number of hydrogen-bond donors (Lipinski definition) is 0. The lowest BCUT2D eigenvalue weighted by Gasteiger charge is -2.40. The van der Waals surface area contributed by atoms with E-state index in [-0.39, 0.29) is 30.6 Å². The van der Waals surface area contributed by atoms with Gasteiger partial charge in [0, 0.05) is 19.6 Å². The second kappa shape index (κ2) is 13.3.